The molecule has 2 aromatic carbocycles. The van der Waals surface area contributed by atoms with Crippen molar-refractivity contribution >= 4 is 16.8 Å². The molecule has 3 heterocycles. The number of rotatable bonds is 3. The van der Waals surface area contributed by atoms with Crippen LogP contribution in [-0.2, 0) is 11.3 Å². The Balaban J connectivity index is 1.41. The average molecular weight is 391 g/mol. The van der Waals surface area contributed by atoms with Gasteiger partial charge in [0.15, 0.2) is 11.5 Å². The Hall–Kier alpha value is -3.35. The van der Waals surface area contributed by atoms with E-state index in [1.165, 1.54) is 6.20 Å². The molecule has 1 fully saturated rings. The summed E-state index contributed by atoms with van der Waals surface area (Å²) in [4.78, 5) is 27.1. The van der Waals surface area contributed by atoms with Gasteiger partial charge in [0.05, 0.1) is 17.8 Å². The number of hydrogen-bond donors (Lipinski definition) is 0. The van der Waals surface area contributed by atoms with Crippen molar-refractivity contribution < 1.29 is 14.3 Å². The first-order valence-corrected chi connectivity index (χ1v) is 9.84. The van der Waals surface area contributed by atoms with E-state index >= 15 is 0 Å². The summed E-state index contributed by atoms with van der Waals surface area (Å²) in [5, 5.41) is 4.76. The lowest BCUT2D eigenvalue weighted by Gasteiger charge is -2.27. The molecule has 0 spiro atoms. The molecule has 5 rings (SSSR count). The normalized spacial score (nSPS) is 18.2. The summed E-state index contributed by atoms with van der Waals surface area (Å²) in [6.45, 7) is 1.90. The number of aromatic nitrogens is 2. The van der Waals surface area contributed by atoms with Gasteiger partial charge < -0.3 is 14.4 Å². The van der Waals surface area contributed by atoms with Crippen LogP contribution >= 0.6 is 0 Å². The predicted octanol–water partition coefficient (Wildman–Crippen LogP) is 2.53. The third-order valence-corrected chi connectivity index (χ3v) is 5.57. The molecular formula is C22H21N3O4. The summed E-state index contributed by atoms with van der Waals surface area (Å²) in [6, 6.07) is 13.2. The van der Waals surface area contributed by atoms with Crippen LogP contribution in [-0.4, -0.2) is 40.3 Å². The number of likely N-dealkylation sites (tertiary alicyclic amines) is 1. The minimum Gasteiger partial charge on any atom is -0.486 e. The highest BCUT2D eigenvalue weighted by Crippen LogP contribution is 2.38. The van der Waals surface area contributed by atoms with Gasteiger partial charge in [0.1, 0.15) is 19.8 Å². The molecule has 2 aliphatic heterocycles. The Bertz CT molecular complexity index is 1140. The quantitative estimate of drug-likeness (QED) is 0.686. The van der Waals surface area contributed by atoms with Crippen LogP contribution in [0.15, 0.2) is 53.5 Å². The maximum absolute atomic E-state index is 13.1. The van der Waals surface area contributed by atoms with Gasteiger partial charge in [-0.25, -0.2) is 0 Å². The molecule has 2 aliphatic rings. The van der Waals surface area contributed by atoms with E-state index in [4.69, 9.17) is 9.47 Å². The third-order valence-electron chi connectivity index (χ3n) is 5.57. The first kappa shape index (κ1) is 17.7. The van der Waals surface area contributed by atoms with E-state index in [1.807, 2.05) is 41.3 Å². The van der Waals surface area contributed by atoms with Gasteiger partial charge in [-0.3, -0.25) is 14.3 Å². The molecule has 29 heavy (non-hydrogen) atoms. The van der Waals surface area contributed by atoms with Gasteiger partial charge in [-0.1, -0.05) is 18.2 Å². The van der Waals surface area contributed by atoms with Crippen LogP contribution in [0.5, 0.6) is 11.5 Å². The molecule has 1 amide bonds. The Morgan fingerprint density at radius 2 is 1.93 bits per heavy atom. The zero-order chi connectivity index (χ0) is 19.8. The number of fused-ring (bicyclic) bond motifs is 2. The van der Waals surface area contributed by atoms with E-state index < -0.39 is 0 Å². The fraction of sp³-hybridized carbons (Fsp3) is 0.318. The van der Waals surface area contributed by atoms with Gasteiger partial charge in [-0.2, -0.15) is 5.10 Å². The Kier molecular flexibility index (Phi) is 4.42. The van der Waals surface area contributed by atoms with Crippen molar-refractivity contribution in [2.24, 2.45) is 0 Å². The second-order valence-corrected chi connectivity index (χ2v) is 7.33. The first-order valence-electron chi connectivity index (χ1n) is 9.84. The number of carbonyl (C=O) groups is 1. The van der Waals surface area contributed by atoms with E-state index in [2.05, 4.69) is 5.10 Å². The number of amides is 1. The molecule has 1 atom stereocenters. The van der Waals surface area contributed by atoms with Crippen LogP contribution in [0.3, 0.4) is 0 Å². The fourth-order valence-corrected chi connectivity index (χ4v) is 4.18. The van der Waals surface area contributed by atoms with E-state index in [9.17, 15) is 9.59 Å². The second kappa shape index (κ2) is 7.24. The number of ether oxygens (including phenoxy) is 2. The average Bonchev–Trinajstić information content (AvgIpc) is 3.26. The monoisotopic (exact) mass is 391 g/mol. The summed E-state index contributed by atoms with van der Waals surface area (Å²) in [7, 11) is 0. The molecule has 7 nitrogen and oxygen atoms in total. The molecule has 148 valence electrons. The predicted molar refractivity (Wildman–Crippen MR) is 107 cm³/mol. The highest BCUT2D eigenvalue weighted by atomic mass is 16.6. The van der Waals surface area contributed by atoms with Gasteiger partial charge in [-0.15, -0.1) is 0 Å². The molecular weight excluding hydrogens is 370 g/mol. The summed E-state index contributed by atoms with van der Waals surface area (Å²) in [5.41, 5.74) is 1.58. The third kappa shape index (κ3) is 3.22. The van der Waals surface area contributed by atoms with Gasteiger partial charge in [0.2, 0.25) is 11.3 Å². The Morgan fingerprint density at radius 3 is 2.83 bits per heavy atom. The van der Waals surface area contributed by atoms with Gasteiger partial charge in [0.25, 0.3) is 0 Å². The molecule has 0 N–H and O–H groups in total. The van der Waals surface area contributed by atoms with Crippen molar-refractivity contribution in [1.29, 1.82) is 0 Å². The Morgan fingerprint density at radius 1 is 1.10 bits per heavy atom. The molecule has 1 aromatic heterocycles. The van der Waals surface area contributed by atoms with Gasteiger partial charge >= 0.3 is 0 Å². The van der Waals surface area contributed by atoms with Crippen LogP contribution in [0.4, 0.5) is 0 Å². The summed E-state index contributed by atoms with van der Waals surface area (Å²) in [5.74, 6) is 1.48. The Labute approximate surface area is 167 Å². The minimum absolute atomic E-state index is 0.00368. The van der Waals surface area contributed by atoms with Crippen LogP contribution in [0.2, 0.25) is 0 Å². The lowest BCUT2D eigenvalue weighted by atomic mass is 10.0. The summed E-state index contributed by atoms with van der Waals surface area (Å²) in [6.07, 6.45) is 3.13. The van der Waals surface area contributed by atoms with E-state index in [-0.39, 0.29) is 23.9 Å². The van der Waals surface area contributed by atoms with Crippen molar-refractivity contribution in [3.8, 4) is 11.5 Å². The van der Waals surface area contributed by atoms with Crippen molar-refractivity contribution in [1.82, 2.24) is 14.7 Å². The van der Waals surface area contributed by atoms with Crippen molar-refractivity contribution in [3.63, 3.8) is 0 Å². The topological polar surface area (TPSA) is 73.7 Å². The smallest absolute Gasteiger partial charge is 0.244 e. The maximum atomic E-state index is 13.1. The summed E-state index contributed by atoms with van der Waals surface area (Å²) < 4.78 is 12.9. The molecule has 1 saturated heterocycles. The minimum atomic E-state index is -0.139. The van der Waals surface area contributed by atoms with Crippen molar-refractivity contribution in [2.75, 3.05) is 19.8 Å². The van der Waals surface area contributed by atoms with E-state index in [1.54, 1.807) is 10.7 Å². The number of para-hydroxylation sites is 1. The van der Waals surface area contributed by atoms with Gasteiger partial charge in [-0.05, 0) is 42.7 Å². The lowest BCUT2D eigenvalue weighted by molar-refractivity contribution is -0.132. The standard InChI is InChI=1S/C22H21N3O4/c26-19-13-23-25(18-5-2-1-4-16(18)19)14-22(27)24-9-3-6-17(24)15-7-8-20-21(12-15)29-11-10-28-20/h1-2,4-5,7-8,12-13,17H,3,6,9-11,14H2/t17-/m1/s1. The second-order valence-electron chi connectivity index (χ2n) is 7.33. The first-order chi connectivity index (χ1) is 14.2. The molecule has 0 radical (unpaired) electrons. The molecule has 0 bridgehead atoms. The van der Waals surface area contributed by atoms with Crippen LogP contribution in [0.1, 0.15) is 24.4 Å². The van der Waals surface area contributed by atoms with Crippen molar-refractivity contribution in [2.45, 2.75) is 25.4 Å². The maximum Gasteiger partial charge on any atom is 0.244 e. The van der Waals surface area contributed by atoms with Crippen molar-refractivity contribution in [3.05, 3.63) is 64.4 Å². The van der Waals surface area contributed by atoms with E-state index in [0.717, 1.165) is 29.9 Å². The molecule has 0 aliphatic carbocycles. The SMILES string of the molecule is O=C(Cn1ncc(=O)c2ccccc21)N1CCC[C@@H]1c1ccc2c(c1)OCCO2. The highest BCUT2D eigenvalue weighted by Gasteiger charge is 2.31. The number of nitrogens with zero attached hydrogens (tertiary/aromatic N) is 3. The number of benzene rings is 2. The number of hydrogen-bond acceptors (Lipinski definition) is 5. The summed E-state index contributed by atoms with van der Waals surface area (Å²) >= 11 is 0. The van der Waals surface area contributed by atoms with Crippen LogP contribution in [0.25, 0.3) is 10.9 Å². The van der Waals surface area contributed by atoms with Gasteiger partial charge in [0, 0.05) is 11.9 Å². The molecule has 3 aromatic rings. The zero-order valence-electron chi connectivity index (χ0n) is 15.9. The highest BCUT2D eigenvalue weighted by molar-refractivity contribution is 5.82. The number of carbonyl (C=O) groups excluding carboxylic acids is 1. The van der Waals surface area contributed by atoms with Crippen LogP contribution < -0.4 is 14.9 Å². The lowest BCUT2D eigenvalue weighted by Crippen LogP contribution is -2.34. The fourth-order valence-electron chi connectivity index (χ4n) is 4.18. The zero-order valence-corrected chi connectivity index (χ0v) is 15.9. The van der Waals surface area contributed by atoms with Crippen LogP contribution in [0, 0.1) is 0 Å². The molecule has 7 heteroatoms. The molecule has 0 saturated carbocycles. The molecule has 0 unspecified atom stereocenters. The van der Waals surface area contributed by atoms with E-state index in [0.29, 0.717) is 30.7 Å². The largest absolute Gasteiger partial charge is 0.486 e.